The standard InChI is InChI=1S/C76H51N/c1-74(2,3)52-32-36-53(37-33-52)77(54-34-28-48-42-64-62-38-30-46-16-4-6-18-56(46)72(62)75(70(64)44-50(48)40-54)66-24-12-8-20-58(66)59-21-9-13-25-67(59)75)55-35-29-49-43-65-63-39-31-47-17-5-7-19-57(47)73(63)76(71(65)45-51(49)41-55)68-26-14-10-22-60(68)61-23-11-15-27-69(61)76/h4-45H,1-3H3. The fourth-order valence-electron chi connectivity index (χ4n) is 15.1. The molecule has 0 radical (unpaired) electrons. The zero-order chi connectivity index (χ0) is 50.9. The van der Waals surface area contributed by atoms with Gasteiger partial charge in [0.1, 0.15) is 0 Å². The van der Waals surface area contributed by atoms with Crippen molar-refractivity contribution in [2.24, 2.45) is 0 Å². The van der Waals surface area contributed by atoms with Crippen molar-refractivity contribution in [3.63, 3.8) is 0 Å². The van der Waals surface area contributed by atoms with Crippen LogP contribution >= 0.6 is 0 Å². The Kier molecular flexibility index (Phi) is 8.48. The lowest BCUT2D eigenvalue weighted by Crippen LogP contribution is -2.26. The molecular formula is C76H51N. The van der Waals surface area contributed by atoms with Crippen molar-refractivity contribution in [1.82, 2.24) is 0 Å². The highest BCUT2D eigenvalue weighted by Crippen LogP contribution is 2.66. The van der Waals surface area contributed by atoms with Gasteiger partial charge in [0.15, 0.2) is 0 Å². The number of hydrogen-bond acceptors (Lipinski definition) is 1. The van der Waals surface area contributed by atoms with Crippen LogP contribution in [0.2, 0.25) is 0 Å². The SMILES string of the molecule is CC(C)(C)c1ccc(N(c2ccc3cc4c(cc3c2)C2(c3ccccc3-c3ccccc32)c2c-4ccc3ccccc23)c2ccc3cc4c(cc3c2)C2(c3ccccc3-c3ccccc32)c2c-4ccc3ccccc23)cc1. The van der Waals surface area contributed by atoms with Crippen LogP contribution in [0.25, 0.3) is 87.6 Å². The molecule has 13 aromatic rings. The van der Waals surface area contributed by atoms with Gasteiger partial charge < -0.3 is 4.90 Å². The van der Waals surface area contributed by atoms with Crippen molar-refractivity contribution in [1.29, 1.82) is 0 Å². The van der Waals surface area contributed by atoms with E-state index in [0.29, 0.717) is 0 Å². The topological polar surface area (TPSA) is 3.24 Å². The van der Waals surface area contributed by atoms with E-state index in [4.69, 9.17) is 0 Å². The van der Waals surface area contributed by atoms with Crippen molar-refractivity contribution in [2.45, 2.75) is 37.0 Å². The third kappa shape index (κ3) is 5.53. The number of rotatable bonds is 3. The van der Waals surface area contributed by atoms with Gasteiger partial charge in [0.05, 0.1) is 10.8 Å². The van der Waals surface area contributed by atoms with Gasteiger partial charge in [-0.05, 0) is 204 Å². The van der Waals surface area contributed by atoms with Crippen LogP contribution in [0.15, 0.2) is 255 Å². The summed E-state index contributed by atoms with van der Waals surface area (Å²) in [5.41, 5.74) is 25.2. The number of fused-ring (bicyclic) bond motifs is 26. The van der Waals surface area contributed by atoms with Crippen LogP contribution < -0.4 is 4.90 Å². The highest BCUT2D eigenvalue weighted by Gasteiger charge is 2.54. The molecule has 0 unspecified atom stereocenters. The second-order valence-corrected chi connectivity index (χ2v) is 23.1. The van der Waals surface area contributed by atoms with Crippen LogP contribution in [0.3, 0.4) is 0 Å². The van der Waals surface area contributed by atoms with Crippen LogP contribution in [-0.4, -0.2) is 0 Å². The Hall–Kier alpha value is -9.30. The molecule has 0 aliphatic heterocycles. The summed E-state index contributed by atoms with van der Waals surface area (Å²) in [7, 11) is 0. The molecule has 13 aromatic carbocycles. The van der Waals surface area contributed by atoms with Gasteiger partial charge in [0, 0.05) is 17.1 Å². The molecule has 0 saturated carbocycles. The van der Waals surface area contributed by atoms with E-state index in [1.807, 2.05) is 0 Å². The summed E-state index contributed by atoms with van der Waals surface area (Å²) in [6, 6.07) is 97.7. The maximum atomic E-state index is 2.55. The third-order valence-corrected chi connectivity index (χ3v) is 18.3. The molecule has 2 spiro atoms. The lowest BCUT2D eigenvalue weighted by Gasteiger charge is -2.32. The summed E-state index contributed by atoms with van der Waals surface area (Å²) in [4.78, 5) is 2.49. The molecule has 0 bridgehead atoms. The molecule has 4 aliphatic carbocycles. The summed E-state index contributed by atoms with van der Waals surface area (Å²) in [6.45, 7) is 6.90. The molecule has 0 N–H and O–H groups in total. The Balaban J connectivity index is 0.894. The zero-order valence-electron chi connectivity index (χ0n) is 43.2. The molecular weight excluding hydrogens is 927 g/mol. The molecule has 17 rings (SSSR count). The summed E-state index contributed by atoms with van der Waals surface area (Å²) in [5.74, 6) is 0. The first kappa shape index (κ1) is 43.0. The smallest absolute Gasteiger partial charge is 0.0731 e. The van der Waals surface area contributed by atoms with E-state index in [-0.39, 0.29) is 5.41 Å². The van der Waals surface area contributed by atoms with Gasteiger partial charge >= 0.3 is 0 Å². The van der Waals surface area contributed by atoms with E-state index >= 15 is 0 Å². The van der Waals surface area contributed by atoms with E-state index in [0.717, 1.165) is 17.1 Å². The van der Waals surface area contributed by atoms with Gasteiger partial charge in [-0.2, -0.15) is 0 Å². The van der Waals surface area contributed by atoms with Gasteiger partial charge in [0.25, 0.3) is 0 Å². The van der Waals surface area contributed by atoms with Crippen LogP contribution in [0, 0.1) is 0 Å². The van der Waals surface area contributed by atoms with E-state index in [9.17, 15) is 0 Å². The van der Waals surface area contributed by atoms with E-state index < -0.39 is 10.8 Å². The summed E-state index contributed by atoms with van der Waals surface area (Å²) >= 11 is 0. The van der Waals surface area contributed by atoms with Crippen LogP contribution in [0.5, 0.6) is 0 Å². The third-order valence-electron chi connectivity index (χ3n) is 18.3. The quantitative estimate of drug-likeness (QED) is 0.171. The Morgan fingerprint density at radius 2 is 0.623 bits per heavy atom. The Morgan fingerprint density at radius 1 is 0.260 bits per heavy atom. The van der Waals surface area contributed by atoms with Crippen LogP contribution in [-0.2, 0) is 16.2 Å². The Bertz CT molecular complexity index is 4370. The first-order chi connectivity index (χ1) is 37.8. The van der Waals surface area contributed by atoms with Crippen molar-refractivity contribution < 1.29 is 0 Å². The van der Waals surface area contributed by atoms with Crippen molar-refractivity contribution in [2.75, 3.05) is 4.90 Å². The van der Waals surface area contributed by atoms with Crippen LogP contribution in [0.1, 0.15) is 70.8 Å². The molecule has 360 valence electrons. The minimum Gasteiger partial charge on any atom is -0.310 e. The fourth-order valence-corrected chi connectivity index (χ4v) is 15.1. The van der Waals surface area contributed by atoms with Gasteiger partial charge in [-0.1, -0.05) is 215 Å². The average Bonchev–Trinajstić information content (AvgIpc) is 3.77. The molecule has 1 heteroatoms. The van der Waals surface area contributed by atoms with Crippen molar-refractivity contribution in [3.8, 4) is 44.5 Å². The Labute approximate surface area is 449 Å². The molecule has 77 heavy (non-hydrogen) atoms. The van der Waals surface area contributed by atoms with Gasteiger partial charge in [-0.15, -0.1) is 0 Å². The monoisotopic (exact) mass is 977 g/mol. The minimum atomic E-state index is -0.479. The van der Waals surface area contributed by atoms with E-state index in [1.165, 1.54) is 138 Å². The zero-order valence-corrected chi connectivity index (χ0v) is 43.2. The average molecular weight is 978 g/mol. The molecule has 0 amide bonds. The lowest BCUT2D eigenvalue weighted by atomic mass is 9.69. The molecule has 1 nitrogen and oxygen atoms in total. The predicted octanol–water partition coefficient (Wildman–Crippen LogP) is 19.8. The number of nitrogens with zero attached hydrogens (tertiary/aromatic N) is 1. The second kappa shape index (κ2) is 15.2. The van der Waals surface area contributed by atoms with Crippen molar-refractivity contribution in [3.05, 3.63) is 305 Å². The minimum absolute atomic E-state index is 0.0166. The first-order valence-corrected chi connectivity index (χ1v) is 27.3. The second-order valence-electron chi connectivity index (χ2n) is 23.1. The highest BCUT2D eigenvalue weighted by atomic mass is 15.1. The maximum absolute atomic E-state index is 2.55. The van der Waals surface area contributed by atoms with E-state index in [1.54, 1.807) is 0 Å². The molecule has 0 aromatic heterocycles. The molecule has 0 heterocycles. The van der Waals surface area contributed by atoms with Gasteiger partial charge in [-0.3, -0.25) is 0 Å². The van der Waals surface area contributed by atoms with Gasteiger partial charge in [-0.25, -0.2) is 0 Å². The predicted molar refractivity (Wildman–Crippen MR) is 322 cm³/mol. The summed E-state index contributed by atoms with van der Waals surface area (Å²) in [6.07, 6.45) is 0. The first-order valence-electron chi connectivity index (χ1n) is 27.3. The molecule has 0 fully saturated rings. The van der Waals surface area contributed by atoms with Gasteiger partial charge in [0.2, 0.25) is 0 Å². The highest BCUT2D eigenvalue weighted by molar-refractivity contribution is 6.09. The number of hydrogen-bond donors (Lipinski definition) is 0. The van der Waals surface area contributed by atoms with E-state index in [2.05, 4.69) is 280 Å². The van der Waals surface area contributed by atoms with Crippen molar-refractivity contribution >= 4 is 60.2 Å². The molecule has 4 aliphatic rings. The summed E-state index contributed by atoms with van der Waals surface area (Å²) in [5, 5.41) is 10.1. The molecule has 0 saturated heterocycles. The number of benzene rings is 13. The summed E-state index contributed by atoms with van der Waals surface area (Å²) < 4.78 is 0. The normalized spacial score (nSPS) is 14.4. The van der Waals surface area contributed by atoms with Crippen LogP contribution in [0.4, 0.5) is 17.1 Å². The lowest BCUT2D eigenvalue weighted by molar-refractivity contribution is 0.590. The molecule has 0 atom stereocenters. The fraction of sp³-hybridized carbons (Fsp3) is 0.0789. The largest absolute Gasteiger partial charge is 0.310 e. The Morgan fingerprint density at radius 3 is 1.04 bits per heavy atom. The maximum Gasteiger partial charge on any atom is 0.0731 e. The number of anilines is 3.